The molecule has 1 aromatic heterocycles. The molecule has 4 rings (SSSR count). The Balaban J connectivity index is 0.00000140. The van der Waals surface area contributed by atoms with E-state index in [9.17, 15) is 4.79 Å². The number of nitrogens with zero attached hydrogens (tertiary/aromatic N) is 3. The zero-order valence-corrected chi connectivity index (χ0v) is 18.1. The first kappa shape index (κ1) is 22.5. The van der Waals surface area contributed by atoms with E-state index in [1.54, 1.807) is 0 Å². The molecule has 1 amide bonds. The number of aromatic nitrogens is 1. The van der Waals surface area contributed by atoms with E-state index in [4.69, 9.17) is 10.7 Å². The van der Waals surface area contributed by atoms with Gasteiger partial charge in [0.05, 0.1) is 5.56 Å². The third kappa shape index (κ3) is 3.84. The van der Waals surface area contributed by atoms with E-state index in [1.165, 1.54) is 5.56 Å². The zero-order chi connectivity index (χ0) is 18.4. The summed E-state index contributed by atoms with van der Waals surface area (Å²) in [5.41, 5.74) is 9.51. The van der Waals surface area contributed by atoms with Gasteiger partial charge in [-0.25, -0.2) is 4.98 Å². The number of aryl methyl sites for hydroxylation is 2. The first-order valence-corrected chi connectivity index (χ1v) is 9.24. The van der Waals surface area contributed by atoms with Gasteiger partial charge in [-0.1, -0.05) is 30.3 Å². The molecule has 152 valence electrons. The summed E-state index contributed by atoms with van der Waals surface area (Å²) in [6.07, 6.45) is 0. The summed E-state index contributed by atoms with van der Waals surface area (Å²) in [6, 6.07) is 13.0. The Labute approximate surface area is 179 Å². The van der Waals surface area contributed by atoms with Gasteiger partial charge in [-0.3, -0.25) is 9.69 Å². The quantitative estimate of drug-likeness (QED) is 0.822. The minimum Gasteiger partial charge on any atom is -0.365 e. The van der Waals surface area contributed by atoms with E-state index >= 15 is 0 Å². The van der Waals surface area contributed by atoms with Crippen LogP contribution in [0.5, 0.6) is 0 Å². The molecule has 0 radical (unpaired) electrons. The number of carbonyl (C=O) groups is 1. The van der Waals surface area contributed by atoms with Crippen molar-refractivity contribution in [2.24, 2.45) is 17.6 Å². The van der Waals surface area contributed by atoms with Crippen molar-refractivity contribution in [3.8, 4) is 0 Å². The Morgan fingerprint density at radius 1 is 1.11 bits per heavy atom. The van der Waals surface area contributed by atoms with E-state index < -0.39 is 5.91 Å². The predicted molar refractivity (Wildman–Crippen MR) is 118 cm³/mol. The molecule has 2 saturated heterocycles. The molecule has 0 saturated carbocycles. The molecule has 1 aromatic carbocycles. The molecule has 2 aromatic rings. The molecule has 0 bridgehead atoms. The number of amides is 1. The van der Waals surface area contributed by atoms with Crippen LogP contribution in [0.2, 0.25) is 0 Å². The molecular weight excluding hydrogens is 395 g/mol. The number of likely N-dealkylation sites (tertiary alicyclic amines) is 1. The van der Waals surface area contributed by atoms with E-state index in [0.717, 1.165) is 36.7 Å². The minimum atomic E-state index is -0.399. The first-order chi connectivity index (χ1) is 12.5. The Kier molecular flexibility index (Phi) is 6.97. The number of hydrogen-bond donors (Lipinski definition) is 1. The lowest BCUT2D eigenvalue weighted by molar-refractivity contribution is 0.100. The van der Waals surface area contributed by atoms with Crippen molar-refractivity contribution in [1.29, 1.82) is 0 Å². The maximum Gasteiger partial charge on any atom is 0.252 e. The number of hydrogen-bond acceptors (Lipinski definition) is 4. The van der Waals surface area contributed by atoms with Crippen molar-refractivity contribution in [2.75, 3.05) is 31.6 Å². The Hall–Kier alpha value is -1.82. The number of benzene rings is 1. The maximum atomic E-state index is 12.0. The van der Waals surface area contributed by atoms with E-state index in [1.807, 2.05) is 19.9 Å². The Morgan fingerprint density at radius 3 is 2.43 bits per heavy atom. The molecule has 0 aliphatic carbocycles. The summed E-state index contributed by atoms with van der Waals surface area (Å²) in [5, 5.41) is 0. The molecular formula is C21H28Cl2N4O. The third-order valence-corrected chi connectivity index (χ3v) is 6.05. The van der Waals surface area contributed by atoms with Gasteiger partial charge in [-0.05, 0) is 44.0 Å². The maximum absolute atomic E-state index is 12.0. The zero-order valence-electron chi connectivity index (χ0n) is 16.5. The number of pyridine rings is 1. The van der Waals surface area contributed by atoms with Crippen molar-refractivity contribution >= 4 is 36.5 Å². The highest BCUT2D eigenvalue weighted by atomic mass is 35.5. The fourth-order valence-electron chi connectivity index (χ4n) is 4.70. The first-order valence-electron chi connectivity index (χ1n) is 9.24. The van der Waals surface area contributed by atoms with Gasteiger partial charge < -0.3 is 10.6 Å². The summed E-state index contributed by atoms with van der Waals surface area (Å²) < 4.78 is 0. The van der Waals surface area contributed by atoms with Crippen LogP contribution in [0, 0.1) is 25.7 Å². The molecule has 0 unspecified atom stereocenters. The molecule has 28 heavy (non-hydrogen) atoms. The van der Waals surface area contributed by atoms with Crippen LogP contribution in [0.25, 0.3) is 0 Å². The second-order valence-electron chi connectivity index (χ2n) is 7.75. The number of halogens is 2. The highest BCUT2D eigenvalue weighted by Crippen LogP contribution is 2.45. The van der Waals surface area contributed by atoms with Crippen LogP contribution < -0.4 is 10.6 Å². The van der Waals surface area contributed by atoms with Gasteiger partial charge in [0, 0.05) is 37.3 Å². The smallest absolute Gasteiger partial charge is 0.252 e. The third-order valence-electron chi connectivity index (χ3n) is 6.05. The van der Waals surface area contributed by atoms with Crippen molar-refractivity contribution < 1.29 is 4.79 Å². The summed E-state index contributed by atoms with van der Waals surface area (Å²) in [5.74, 6) is 1.47. The number of carbonyl (C=O) groups excluding carboxylic acids is 1. The number of primary amides is 1. The van der Waals surface area contributed by atoms with Gasteiger partial charge in [-0.15, -0.1) is 24.8 Å². The molecule has 2 fully saturated rings. The van der Waals surface area contributed by atoms with Gasteiger partial charge in [0.15, 0.2) is 0 Å². The summed E-state index contributed by atoms with van der Waals surface area (Å²) in [4.78, 5) is 21.4. The average molecular weight is 423 g/mol. The molecule has 3 atom stereocenters. The number of rotatable bonds is 3. The van der Waals surface area contributed by atoms with Gasteiger partial charge in [0.2, 0.25) is 0 Å². The van der Waals surface area contributed by atoms with Gasteiger partial charge in [0.1, 0.15) is 5.82 Å². The lowest BCUT2D eigenvalue weighted by Gasteiger charge is -2.28. The fourth-order valence-corrected chi connectivity index (χ4v) is 4.70. The van der Waals surface area contributed by atoms with Crippen LogP contribution in [0.4, 0.5) is 5.82 Å². The number of anilines is 1. The number of fused-ring (bicyclic) bond motifs is 1. The van der Waals surface area contributed by atoms with Gasteiger partial charge in [0.25, 0.3) is 5.91 Å². The van der Waals surface area contributed by atoms with Gasteiger partial charge >= 0.3 is 0 Å². The summed E-state index contributed by atoms with van der Waals surface area (Å²) >= 11 is 0. The molecule has 2 N–H and O–H groups in total. The normalized spacial score (nSPS) is 23.7. The Morgan fingerprint density at radius 2 is 1.79 bits per heavy atom. The largest absolute Gasteiger partial charge is 0.365 e. The van der Waals surface area contributed by atoms with E-state index in [2.05, 4.69) is 47.2 Å². The molecule has 7 heteroatoms. The standard InChI is InChI=1S/C21H26N4O.2ClH/c1-13-9-17(20(22)26)21(23-14(13)2)25-11-16-10-24(3)19(18(16)12-25)15-7-5-4-6-8-15;;/h4-9,16,18-19H,10-12H2,1-3H3,(H2,22,26);2*1H/t16-,18+,19-;;/m0../s1. The van der Waals surface area contributed by atoms with Crippen molar-refractivity contribution in [3.63, 3.8) is 0 Å². The van der Waals surface area contributed by atoms with Crippen LogP contribution in [-0.2, 0) is 0 Å². The highest BCUT2D eigenvalue weighted by molar-refractivity contribution is 5.98. The summed E-state index contributed by atoms with van der Waals surface area (Å²) in [6.45, 7) is 6.86. The molecule has 2 aliphatic rings. The average Bonchev–Trinajstić information content (AvgIpc) is 3.13. The molecule has 2 aliphatic heterocycles. The Bertz CT molecular complexity index is 846. The second-order valence-corrected chi connectivity index (χ2v) is 7.75. The minimum absolute atomic E-state index is 0. The van der Waals surface area contributed by atoms with Crippen molar-refractivity contribution in [2.45, 2.75) is 19.9 Å². The van der Waals surface area contributed by atoms with Crippen molar-refractivity contribution in [1.82, 2.24) is 9.88 Å². The highest BCUT2D eigenvalue weighted by Gasteiger charge is 2.46. The van der Waals surface area contributed by atoms with Crippen LogP contribution in [-0.4, -0.2) is 42.5 Å². The predicted octanol–water partition coefficient (Wildman–Crippen LogP) is 3.38. The molecule has 5 nitrogen and oxygen atoms in total. The van der Waals surface area contributed by atoms with Crippen LogP contribution in [0.15, 0.2) is 36.4 Å². The number of nitrogens with two attached hydrogens (primary N) is 1. The monoisotopic (exact) mass is 422 g/mol. The summed E-state index contributed by atoms with van der Waals surface area (Å²) in [7, 11) is 2.21. The van der Waals surface area contributed by atoms with Crippen molar-refractivity contribution in [3.05, 3.63) is 58.8 Å². The fraction of sp³-hybridized carbons (Fsp3) is 0.429. The van der Waals surface area contributed by atoms with Crippen LogP contribution in [0.1, 0.15) is 33.2 Å². The second kappa shape index (κ2) is 8.68. The lowest BCUT2D eigenvalue weighted by Crippen LogP contribution is -2.31. The molecule has 0 spiro atoms. The van der Waals surface area contributed by atoms with Crippen LogP contribution >= 0.6 is 24.8 Å². The van der Waals surface area contributed by atoms with E-state index in [-0.39, 0.29) is 24.8 Å². The molecule has 3 heterocycles. The topological polar surface area (TPSA) is 62.5 Å². The van der Waals surface area contributed by atoms with Crippen LogP contribution in [0.3, 0.4) is 0 Å². The SMILES string of the molecule is Cc1cc(C(N)=O)c(N2C[C@@H]3CN(C)[C@@H](c4ccccc4)[C@@H]3C2)nc1C.Cl.Cl. The van der Waals surface area contributed by atoms with Gasteiger partial charge in [-0.2, -0.15) is 0 Å². The van der Waals surface area contributed by atoms with E-state index in [0.29, 0.717) is 23.4 Å². The lowest BCUT2D eigenvalue weighted by atomic mass is 9.90.